The molecule has 0 bridgehead atoms. The molecule has 0 amide bonds. The van der Waals surface area contributed by atoms with Crippen LogP contribution in [0.5, 0.6) is 0 Å². The summed E-state index contributed by atoms with van der Waals surface area (Å²) in [5.41, 5.74) is 1.42. The smallest absolute Gasteiger partial charge is 0.137 e. The van der Waals surface area contributed by atoms with Crippen LogP contribution in [0.25, 0.3) is 0 Å². The second-order valence-corrected chi connectivity index (χ2v) is 5.43. The Morgan fingerprint density at radius 1 is 0.944 bits per heavy atom. The Kier molecular flexibility index (Phi) is 4.35. The Labute approximate surface area is 120 Å². The minimum atomic E-state index is -0.317. The fourth-order valence-electron chi connectivity index (χ4n) is 1.48. The predicted molar refractivity (Wildman–Crippen MR) is 75.5 cm³/mol. The molecule has 2 aromatic rings. The number of hydrogen-bond donors (Lipinski definition) is 1. The first-order chi connectivity index (χ1) is 8.56. The average Bonchev–Trinajstić information content (AvgIpc) is 2.34. The van der Waals surface area contributed by atoms with Gasteiger partial charge in [-0.05, 0) is 67.8 Å². The fourth-order valence-corrected chi connectivity index (χ4v) is 2.11. The highest BCUT2D eigenvalue weighted by Gasteiger charge is 2.03. The van der Waals surface area contributed by atoms with E-state index in [9.17, 15) is 8.78 Å². The lowest BCUT2D eigenvalue weighted by molar-refractivity contribution is 0.619. The van der Waals surface area contributed by atoms with Gasteiger partial charge in [0.1, 0.15) is 11.6 Å². The number of benzene rings is 2. The zero-order chi connectivity index (χ0) is 13.1. The Bertz CT molecular complexity index is 573. The molecule has 0 unspecified atom stereocenters. The third-order valence-electron chi connectivity index (χ3n) is 2.40. The van der Waals surface area contributed by atoms with Crippen LogP contribution in [-0.4, -0.2) is 0 Å². The van der Waals surface area contributed by atoms with Crippen molar-refractivity contribution in [1.82, 2.24) is 0 Å². The monoisotopic (exact) mass is 375 g/mol. The van der Waals surface area contributed by atoms with E-state index >= 15 is 0 Å². The SMILES string of the molecule is Fc1ccc(Br)c(NCc2ccc(Br)c(F)c2)c1. The van der Waals surface area contributed by atoms with Gasteiger partial charge in [0.05, 0.1) is 10.2 Å². The van der Waals surface area contributed by atoms with E-state index in [1.165, 1.54) is 18.2 Å². The molecule has 0 fully saturated rings. The molecule has 0 aliphatic rings. The number of hydrogen-bond acceptors (Lipinski definition) is 1. The van der Waals surface area contributed by atoms with Crippen molar-refractivity contribution >= 4 is 37.5 Å². The molecule has 0 spiro atoms. The van der Waals surface area contributed by atoms with Crippen molar-refractivity contribution < 1.29 is 8.78 Å². The number of nitrogens with one attached hydrogen (secondary N) is 1. The Morgan fingerprint density at radius 2 is 1.67 bits per heavy atom. The van der Waals surface area contributed by atoms with E-state index in [0.29, 0.717) is 16.7 Å². The minimum absolute atomic E-state index is 0.312. The van der Waals surface area contributed by atoms with E-state index in [2.05, 4.69) is 37.2 Å². The molecule has 5 heteroatoms. The van der Waals surface area contributed by atoms with Crippen LogP contribution in [0.3, 0.4) is 0 Å². The van der Waals surface area contributed by atoms with Gasteiger partial charge in [0.25, 0.3) is 0 Å². The van der Waals surface area contributed by atoms with Crippen molar-refractivity contribution in [2.24, 2.45) is 0 Å². The Balaban J connectivity index is 2.11. The third-order valence-corrected chi connectivity index (χ3v) is 3.73. The van der Waals surface area contributed by atoms with Crippen molar-refractivity contribution in [3.05, 3.63) is 62.5 Å². The van der Waals surface area contributed by atoms with Gasteiger partial charge in [-0.2, -0.15) is 0 Å². The number of anilines is 1. The summed E-state index contributed by atoms with van der Waals surface area (Å²) in [4.78, 5) is 0. The van der Waals surface area contributed by atoms with E-state index in [1.54, 1.807) is 18.2 Å². The molecule has 0 saturated heterocycles. The third kappa shape index (κ3) is 3.29. The maximum Gasteiger partial charge on any atom is 0.137 e. The summed E-state index contributed by atoms with van der Waals surface area (Å²) < 4.78 is 27.6. The first kappa shape index (κ1) is 13.5. The van der Waals surface area contributed by atoms with Crippen LogP contribution in [0, 0.1) is 11.6 Å². The lowest BCUT2D eigenvalue weighted by Gasteiger charge is -2.09. The van der Waals surface area contributed by atoms with Crippen LogP contribution >= 0.6 is 31.9 Å². The summed E-state index contributed by atoms with van der Waals surface area (Å²) in [5.74, 6) is -0.629. The summed E-state index contributed by atoms with van der Waals surface area (Å²) >= 11 is 6.41. The maximum absolute atomic E-state index is 13.3. The van der Waals surface area contributed by atoms with Crippen molar-refractivity contribution in [2.75, 3.05) is 5.32 Å². The molecule has 94 valence electrons. The second kappa shape index (κ2) is 5.80. The number of rotatable bonds is 3. The van der Waals surface area contributed by atoms with Crippen molar-refractivity contribution in [3.63, 3.8) is 0 Å². The molecule has 0 aliphatic carbocycles. The fraction of sp³-hybridized carbons (Fsp3) is 0.0769. The Hall–Kier alpha value is -0.940. The Morgan fingerprint density at radius 3 is 2.39 bits per heavy atom. The molecular weight excluding hydrogens is 368 g/mol. The zero-order valence-corrected chi connectivity index (χ0v) is 12.4. The van der Waals surface area contributed by atoms with E-state index in [4.69, 9.17) is 0 Å². The van der Waals surface area contributed by atoms with Gasteiger partial charge in [-0.3, -0.25) is 0 Å². The van der Waals surface area contributed by atoms with E-state index in [-0.39, 0.29) is 11.6 Å². The standard InChI is InChI=1S/C13H9Br2F2N/c14-10-3-1-8(5-12(10)17)7-18-13-6-9(16)2-4-11(13)15/h1-6,18H,7H2. The molecule has 0 aromatic heterocycles. The van der Waals surface area contributed by atoms with Crippen LogP contribution in [0.2, 0.25) is 0 Å². The molecule has 0 heterocycles. The molecule has 0 atom stereocenters. The summed E-state index contributed by atoms with van der Waals surface area (Å²) in [6.45, 7) is 0.423. The van der Waals surface area contributed by atoms with Gasteiger partial charge in [0.15, 0.2) is 0 Å². The van der Waals surface area contributed by atoms with Gasteiger partial charge in [-0.25, -0.2) is 8.78 Å². The molecule has 0 aliphatic heterocycles. The molecule has 1 nitrogen and oxygen atoms in total. The largest absolute Gasteiger partial charge is 0.380 e. The summed E-state index contributed by atoms with van der Waals surface area (Å²) in [6.07, 6.45) is 0. The summed E-state index contributed by atoms with van der Waals surface area (Å²) in [6, 6.07) is 9.26. The molecule has 0 saturated carbocycles. The molecule has 1 N–H and O–H groups in total. The highest BCUT2D eigenvalue weighted by atomic mass is 79.9. The van der Waals surface area contributed by atoms with Gasteiger partial charge in [-0.1, -0.05) is 6.07 Å². The van der Waals surface area contributed by atoms with Crippen LogP contribution in [-0.2, 0) is 6.54 Å². The lowest BCUT2D eigenvalue weighted by atomic mass is 10.2. The van der Waals surface area contributed by atoms with Gasteiger partial charge in [-0.15, -0.1) is 0 Å². The van der Waals surface area contributed by atoms with Gasteiger partial charge in [0, 0.05) is 11.0 Å². The van der Waals surface area contributed by atoms with Crippen LogP contribution in [0.1, 0.15) is 5.56 Å². The van der Waals surface area contributed by atoms with Gasteiger partial charge < -0.3 is 5.32 Å². The van der Waals surface area contributed by atoms with Gasteiger partial charge in [0.2, 0.25) is 0 Å². The van der Waals surface area contributed by atoms with E-state index in [0.717, 1.165) is 10.0 Å². The first-order valence-electron chi connectivity index (χ1n) is 5.19. The molecule has 2 aromatic carbocycles. The first-order valence-corrected chi connectivity index (χ1v) is 6.78. The van der Waals surface area contributed by atoms with Crippen LogP contribution < -0.4 is 5.32 Å². The van der Waals surface area contributed by atoms with E-state index < -0.39 is 0 Å². The topological polar surface area (TPSA) is 12.0 Å². The zero-order valence-electron chi connectivity index (χ0n) is 9.18. The van der Waals surface area contributed by atoms with Crippen molar-refractivity contribution in [3.8, 4) is 0 Å². The molecule has 18 heavy (non-hydrogen) atoms. The van der Waals surface area contributed by atoms with E-state index in [1.807, 2.05) is 0 Å². The maximum atomic E-state index is 13.3. The van der Waals surface area contributed by atoms with Crippen LogP contribution in [0.4, 0.5) is 14.5 Å². The predicted octanol–water partition coefficient (Wildman–Crippen LogP) is 5.10. The van der Waals surface area contributed by atoms with Gasteiger partial charge >= 0.3 is 0 Å². The lowest BCUT2D eigenvalue weighted by Crippen LogP contribution is -2.01. The minimum Gasteiger partial charge on any atom is -0.380 e. The normalized spacial score (nSPS) is 10.4. The molecular formula is C13H9Br2F2N. The van der Waals surface area contributed by atoms with Crippen LogP contribution in [0.15, 0.2) is 45.3 Å². The number of halogens is 4. The average molecular weight is 377 g/mol. The van der Waals surface area contributed by atoms with Crippen molar-refractivity contribution in [1.29, 1.82) is 0 Å². The van der Waals surface area contributed by atoms with Crippen molar-refractivity contribution in [2.45, 2.75) is 6.54 Å². The second-order valence-electron chi connectivity index (χ2n) is 3.73. The molecule has 2 rings (SSSR count). The quantitative estimate of drug-likeness (QED) is 0.785. The summed E-state index contributed by atoms with van der Waals surface area (Å²) in [5, 5.41) is 3.05. The summed E-state index contributed by atoms with van der Waals surface area (Å²) in [7, 11) is 0. The highest BCUT2D eigenvalue weighted by Crippen LogP contribution is 2.24. The molecule has 0 radical (unpaired) electrons. The highest BCUT2D eigenvalue weighted by molar-refractivity contribution is 9.10.